The fourth-order valence-electron chi connectivity index (χ4n) is 2.78. The van der Waals surface area contributed by atoms with E-state index in [4.69, 9.17) is 0 Å². The highest BCUT2D eigenvalue weighted by Gasteiger charge is 2.31. The molecule has 1 fully saturated rings. The van der Waals surface area contributed by atoms with Crippen molar-refractivity contribution in [1.29, 1.82) is 0 Å². The van der Waals surface area contributed by atoms with Crippen LogP contribution in [0.2, 0.25) is 0 Å². The van der Waals surface area contributed by atoms with E-state index in [1.165, 1.54) is 12.3 Å². The number of nitrogens with zero attached hydrogens (tertiary/aromatic N) is 2. The van der Waals surface area contributed by atoms with Gasteiger partial charge in [0.15, 0.2) is 9.84 Å². The summed E-state index contributed by atoms with van der Waals surface area (Å²) in [6, 6.07) is 5.82. The second-order valence-electron chi connectivity index (χ2n) is 6.15. The maximum absolute atomic E-state index is 13.6. The molecule has 2 heterocycles. The fourth-order valence-corrected chi connectivity index (χ4v) is 4.56. The maximum Gasteiger partial charge on any atom is 0.257 e. The number of carbonyl (C=O) groups is 1. The molecular formula is C17H17F2N3O3S. The van der Waals surface area contributed by atoms with Crippen molar-refractivity contribution in [3.05, 3.63) is 53.7 Å². The minimum absolute atomic E-state index is 0.0806. The van der Waals surface area contributed by atoms with Crippen LogP contribution in [0.5, 0.6) is 0 Å². The van der Waals surface area contributed by atoms with Gasteiger partial charge in [0.2, 0.25) is 0 Å². The molecular weight excluding hydrogens is 364 g/mol. The van der Waals surface area contributed by atoms with E-state index in [2.05, 4.69) is 10.3 Å². The summed E-state index contributed by atoms with van der Waals surface area (Å²) >= 11 is 0. The Bertz CT molecular complexity index is 933. The summed E-state index contributed by atoms with van der Waals surface area (Å²) < 4.78 is 49.7. The lowest BCUT2D eigenvalue weighted by Gasteiger charge is -2.24. The Balaban J connectivity index is 1.70. The second kappa shape index (κ2) is 6.99. The number of amides is 1. The van der Waals surface area contributed by atoms with Gasteiger partial charge in [0.1, 0.15) is 17.5 Å². The average Bonchev–Trinajstić information content (AvgIpc) is 2.97. The highest BCUT2D eigenvalue weighted by molar-refractivity contribution is 7.91. The fraction of sp³-hybridized carbons (Fsp3) is 0.294. The molecule has 1 aromatic heterocycles. The summed E-state index contributed by atoms with van der Waals surface area (Å²) in [4.78, 5) is 18.1. The Morgan fingerprint density at radius 3 is 2.62 bits per heavy atom. The zero-order valence-corrected chi connectivity index (χ0v) is 14.8. The maximum atomic E-state index is 13.6. The zero-order valence-electron chi connectivity index (χ0n) is 13.9. The molecule has 0 aliphatic carbocycles. The molecule has 0 saturated carbocycles. The number of anilines is 2. The Kier molecular flexibility index (Phi) is 4.90. The highest BCUT2D eigenvalue weighted by Crippen LogP contribution is 2.22. The standard InChI is InChI=1S/C17H17F2N3O3S/c1-22(13-6-7-26(24,25)10-13)16-5-2-11(9-20-16)17(23)21-15-4-3-12(18)8-14(15)19/h2-5,8-9,13H,6-7,10H2,1H3,(H,21,23). The van der Waals surface area contributed by atoms with E-state index in [1.807, 2.05) is 0 Å². The zero-order chi connectivity index (χ0) is 18.9. The van der Waals surface area contributed by atoms with Crippen molar-refractivity contribution in [3.63, 3.8) is 0 Å². The van der Waals surface area contributed by atoms with Gasteiger partial charge >= 0.3 is 0 Å². The smallest absolute Gasteiger partial charge is 0.257 e. The number of nitrogens with one attached hydrogen (secondary N) is 1. The SMILES string of the molecule is CN(c1ccc(C(=O)Nc2ccc(F)cc2F)cn1)C1CCS(=O)(=O)C1. The van der Waals surface area contributed by atoms with E-state index in [0.29, 0.717) is 18.3 Å². The Hall–Kier alpha value is -2.55. The van der Waals surface area contributed by atoms with E-state index in [0.717, 1.165) is 12.1 Å². The summed E-state index contributed by atoms with van der Waals surface area (Å²) in [5.41, 5.74) is 0.0682. The van der Waals surface area contributed by atoms with Gasteiger partial charge < -0.3 is 10.2 Å². The predicted molar refractivity (Wildman–Crippen MR) is 94.0 cm³/mol. The molecule has 26 heavy (non-hydrogen) atoms. The number of rotatable bonds is 4. The van der Waals surface area contributed by atoms with Crippen LogP contribution in [0.4, 0.5) is 20.3 Å². The number of sulfone groups is 1. The molecule has 1 aliphatic rings. The monoisotopic (exact) mass is 381 g/mol. The summed E-state index contributed by atoms with van der Waals surface area (Å²) in [6.07, 6.45) is 1.86. The van der Waals surface area contributed by atoms with Gasteiger partial charge in [-0.2, -0.15) is 0 Å². The first-order valence-electron chi connectivity index (χ1n) is 7.91. The largest absolute Gasteiger partial charge is 0.356 e. The Labute approximate surface area is 149 Å². The van der Waals surface area contributed by atoms with Crippen molar-refractivity contribution in [1.82, 2.24) is 4.98 Å². The average molecular weight is 381 g/mol. The number of pyridine rings is 1. The van der Waals surface area contributed by atoms with Crippen molar-refractivity contribution < 1.29 is 22.0 Å². The van der Waals surface area contributed by atoms with Gasteiger partial charge in [-0.05, 0) is 30.7 Å². The van der Waals surface area contributed by atoms with Crippen molar-refractivity contribution in [2.45, 2.75) is 12.5 Å². The molecule has 138 valence electrons. The molecule has 0 radical (unpaired) electrons. The van der Waals surface area contributed by atoms with Crippen LogP contribution in [-0.4, -0.2) is 43.9 Å². The Morgan fingerprint density at radius 2 is 2.04 bits per heavy atom. The third kappa shape index (κ3) is 3.98. The van der Waals surface area contributed by atoms with E-state index in [9.17, 15) is 22.0 Å². The second-order valence-corrected chi connectivity index (χ2v) is 8.38. The van der Waals surface area contributed by atoms with Crippen molar-refractivity contribution in [2.24, 2.45) is 0 Å². The third-order valence-electron chi connectivity index (χ3n) is 4.31. The van der Waals surface area contributed by atoms with Crippen LogP contribution < -0.4 is 10.2 Å². The molecule has 1 unspecified atom stereocenters. The number of hydrogen-bond donors (Lipinski definition) is 1. The predicted octanol–water partition coefficient (Wildman–Crippen LogP) is 2.24. The van der Waals surface area contributed by atoms with Crippen LogP contribution in [0, 0.1) is 11.6 Å². The first-order chi connectivity index (χ1) is 12.2. The molecule has 1 N–H and O–H groups in total. The minimum atomic E-state index is -3.01. The van der Waals surface area contributed by atoms with Crippen LogP contribution in [0.3, 0.4) is 0 Å². The summed E-state index contributed by atoms with van der Waals surface area (Å²) in [7, 11) is -1.26. The minimum Gasteiger partial charge on any atom is -0.356 e. The normalized spacial score (nSPS) is 18.5. The van der Waals surface area contributed by atoms with Gasteiger partial charge in [-0.1, -0.05) is 0 Å². The first kappa shape index (κ1) is 18.2. The molecule has 1 saturated heterocycles. The number of carbonyl (C=O) groups excluding carboxylic acids is 1. The van der Waals surface area contributed by atoms with Gasteiger partial charge in [0.25, 0.3) is 5.91 Å². The van der Waals surface area contributed by atoms with E-state index in [-0.39, 0.29) is 28.8 Å². The molecule has 1 atom stereocenters. The lowest BCUT2D eigenvalue weighted by Crippen LogP contribution is -2.33. The van der Waals surface area contributed by atoms with Crippen LogP contribution in [-0.2, 0) is 9.84 Å². The molecule has 3 rings (SSSR count). The van der Waals surface area contributed by atoms with Crippen molar-refractivity contribution in [2.75, 3.05) is 28.8 Å². The lowest BCUT2D eigenvalue weighted by molar-refractivity contribution is 0.102. The summed E-state index contributed by atoms with van der Waals surface area (Å²) in [6.45, 7) is 0. The van der Waals surface area contributed by atoms with Gasteiger partial charge in [-0.25, -0.2) is 22.2 Å². The van der Waals surface area contributed by atoms with Gasteiger partial charge in [0, 0.05) is 25.4 Å². The van der Waals surface area contributed by atoms with Crippen molar-refractivity contribution in [3.8, 4) is 0 Å². The van der Waals surface area contributed by atoms with E-state index >= 15 is 0 Å². The van der Waals surface area contributed by atoms with Crippen LogP contribution >= 0.6 is 0 Å². The molecule has 6 nitrogen and oxygen atoms in total. The van der Waals surface area contributed by atoms with E-state index < -0.39 is 27.4 Å². The van der Waals surface area contributed by atoms with Crippen LogP contribution in [0.1, 0.15) is 16.8 Å². The van der Waals surface area contributed by atoms with Crippen LogP contribution in [0.15, 0.2) is 36.5 Å². The number of halogens is 2. The van der Waals surface area contributed by atoms with Crippen molar-refractivity contribution >= 4 is 27.2 Å². The lowest BCUT2D eigenvalue weighted by atomic mass is 10.2. The molecule has 0 bridgehead atoms. The molecule has 1 aromatic carbocycles. The summed E-state index contributed by atoms with van der Waals surface area (Å²) in [5.74, 6) is -1.41. The summed E-state index contributed by atoms with van der Waals surface area (Å²) in [5, 5.41) is 2.35. The first-order valence-corrected chi connectivity index (χ1v) is 9.73. The number of benzene rings is 1. The number of aromatic nitrogens is 1. The quantitative estimate of drug-likeness (QED) is 0.879. The molecule has 1 amide bonds. The molecule has 2 aromatic rings. The Morgan fingerprint density at radius 1 is 1.27 bits per heavy atom. The van der Waals surface area contributed by atoms with Gasteiger partial charge in [-0.3, -0.25) is 4.79 Å². The van der Waals surface area contributed by atoms with Gasteiger partial charge in [0.05, 0.1) is 22.8 Å². The highest BCUT2D eigenvalue weighted by atomic mass is 32.2. The topological polar surface area (TPSA) is 79.4 Å². The number of hydrogen-bond acceptors (Lipinski definition) is 5. The molecule has 0 spiro atoms. The molecule has 1 aliphatic heterocycles. The molecule has 9 heteroatoms. The third-order valence-corrected chi connectivity index (χ3v) is 6.06. The van der Waals surface area contributed by atoms with Gasteiger partial charge in [-0.15, -0.1) is 0 Å². The van der Waals surface area contributed by atoms with E-state index in [1.54, 1.807) is 18.0 Å². The van der Waals surface area contributed by atoms with Crippen LogP contribution in [0.25, 0.3) is 0 Å².